The molecule has 0 atom stereocenters. The van der Waals surface area contributed by atoms with E-state index in [1.807, 2.05) is 13.8 Å². The molecule has 8 heteroatoms. The number of amides is 1. The molecule has 1 amide bonds. The highest BCUT2D eigenvalue weighted by atomic mass is 32.1. The zero-order chi connectivity index (χ0) is 16.6. The van der Waals surface area contributed by atoms with E-state index in [1.54, 1.807) is 6.07 Å². The first-order valence-corrected chi connectivity index (χ1v) is 7.91. The molecule has 23 heavy (non-hydrogen) atoms. The van der Waals surface area contributed by atoms with Gasteiger partial charge in [-0.1, -0.05) is 25.2 Å². The molecule has 2 heterocycles. The number of nitrogens with zero attached hydrogens (tertiary/aromatic N) is 3. The Bertz CT molecular complexity index is 768. The van der Waals surface area contributed by atoms with Gasteiger partial charge in [0.2, 0.25) is 5.88 Å². The third-order valence-corrected chi connectivity index (χ3v) is 4.59. The van der Waals surface area contributed by atoms with E-state index in [9.17, 15) is 9.59 Å². The van der Waals surface area contributed by atoms with Gasteiger partial charge in [0, 0.05) is 12.5 Å². The maximum atomic E-state index is 12.2. The predicted molar refractivity (Wildman–Crippen MR) is 85.1 cm³/mol. The number of ether oxygens (including phenoxy) is 1. The summed E-state index contributed by atoms with van der Waals surface area (Å²) < 4.78 is 4.90. The summed E-state index contributed by atoms with van der Waals surface area (Å²) in [5.41, 5.74) is 0.818. The molecule has 0 fully saturated rings. The van der Waals surface area contributed by atoms with Gasteiger partial charge in [0.1, 0.15) is 0 Å². The molecule has 7 nitrogen and oxygen atoms in total. The molecule has 0 aromatic carbocycles. The number of carbonyl (C=O) groups is 2. The highest BCUT2D eigenvalue weighted by molar-refractivity contribution is 7.17. The summed E-state index contributed by atoms with van der Waals surface area (Å²) in [4.78, 5) is 29.4. The van der Waals surface area contributed by atoms with Crippen molar-refractivity contribution in [2.75, 3.05) is 12.4 Å². The summed E-state index contributed by atoms with van der Waals surface area (Å²) in [6.45, 7) is 4.08. The molecule has 0 aliphatic heterocycles. The maximum Gasteiger partial charge on any atom is 0.277 e. The number of Topliss-reactive ketones (excluding diaryl/α,β-unsaturated/α-hetero) is 1. The van der Waals surface area contributed by atoms with E-state index in [2.05, 4.69) is 20.5 Å². The van der Waals surface area contributed by atoms with Crippen molar-refractivity contribution >= 4 is 28.2 Å². The first-order chi connectivity index (χ1) is 10.9. The van der Waals surface area contributed by atoms with E-state index >= 15 is 0 Å². The van der Waals surface area contributed by atoms with Crippen molar-refractivity contribution in [1.82, 2.24) is 15.2 Å². The molecule has 120 valence electrons. The molecule has 0 unspecified atom stereocenters. The van der Waals surface area contributed by atoms with Crippen LogP contribution in [0.15, 0.2) is 12.1 Å². The smallest absolute Gasteiger partial charge is 0.277 e. The average Bonchev–Trinajstić information content (AvgIpc) is 2.88. The first-order valence-electron chi connectivity index (χ1n) is 7.10. The standard InChI is InChI=1S/C15H16N4O3S/c1-15(2)6-9-12(10(20)7-15)23-14(16-9)17-13(21)8-4-5-11(22-3)19-18-8/h4-5H,6-7H2,1-3H3,(H,16,17,21). The van der Waals surface area contributed by atoms with Crippen LogP contribution in [0.4, 0.5) is 5.13 Å². The molecular formula is C15H16N4O3S. The van der Waals surface area contributed by atoms with Crippen LogP contribution in [0, 0.1) is 5.41 Å². The Balaban J connectivity index is 1.78. The molecule has 0 saturated heterocycles. The van der Waals surface area contributed by atoms with Crippen molar-refractivity contribution in [2.45, 2.75) is 26.7 Å². The summed E-state index contributed by atoms with van der Waals surface area (Å²) in [7, 11) is 1.47. The minimum atomic E-state index is -0.419. The normalized spacial score (nSPS) is 15.9. The van der Waals surface area contributed by atoms with Crippen LogP contribution in [-0.2, 0) is 6.42 Å². The fraction of sp³-hybridized carbons (Fsp3) is 0.400. The van der Waals surface area contributed by atoms with Gasteiger partial charge in [-0.2, -0.15) is 0 Å². The van der Waals surface area contributed by atoms with Gasteiger partial charge < -0.3 is 4.74 Å². The lowest BCUT2D eigenvalue weighted by Gasteiger charge is -2.26. The number of nitrogens with one attached hydrogen (secondary N) is 1. The zero-order valence-electron chi connectivity index (χ0n) is 13.0. The van der Waals surface area contributed by atoms with Gasteiger partial charge in [0.25, 0.3) is 5.91 Å². The minimum absolute atomic E-state index is 0.0819. The van der Waals surface area contributed by atoms with E-state index < -0.39 is 5.91 Å². The van der Waals surface area contributed by atoms with Crippen LogP contribution in [0.25, 0.3) is 0 Å². The average molecular weight is 332 g/mol. The quantitative estimate of drug-likeness (QED) is 0.927. The molecule has 1 aliphatic rings. The molecule has 0 saturated carbocycles. The van der Waals surface area contributed by atoms with Gasteiger partial charge in [-0.25, -0.2) is 4.98 Å². The number of aromatic nitrogens is 3. The van der Waals surface area contributed by atoms with Crippen molar-refractivity contribution in [2.24, 2.45) is 5.41 Å². The van der Waals surface area contributed by atoms with E-state index in [1.165, 1.54) is 24.5 Å². The Morgan fingerprint density at radius 3 is 2.74 bits per heavy atom. The number of fused-ring (bicyclic) bond motifs is 1. The van der Waals surface area contributed by atoms with Crippen molar-refractivity contribution in [3.8, 4) is 5.88 Å². The number of anilines is 1. The highest BCUT2D eigenvalue weighted by Crippen LogP contribution is 2.38. The van der Waals surface area contributed by atoms with Crippen molar-refractivity contribution < 1.29 is 14.3 Å². The number of hydrogen-bond acceptors (Lipinski definition) is 7. The molecule has 2 aromatic rings. The third kappa shape index (κ3) is 3.21. The number of methoxy groups -OCH3 is 1. The Hall–Kier alpha value is -2.35. The SMILES string of the molecule is COc1ccc(C(=O)Nc2nc3c(s2)C(=O)CC(C)(C)C3)nn1. The van der Waals surface area contributed by atoms with E-state index in [4.69, 9.17) is 4.74 Å². The minimum Gasteiger partial charge on any atom is -0.480 e. The van der Waals surface area contributed by atoms with Crippen LogP contribution in [0.3, 0.4) is 0 Å². The largest absolute Gasteiger partial charge is 0.480 e. The second-order valence-corrected chi connectivity index (χ2v) is 7.15. The monoisotopic (exact) mass is 332 g/mol. The van der Waals surface area contributed by atoms with Gasteiger partial charge >= 0.3 is 0 Å². The fourth-order valence-electron chi connectivity index (χ4n) is 2.48. The van der Waals surface area contributed by atoms with Crippen LogP contribution < -0.4 is 10.1 Å². The number of rotatable bonds is 3. The van der Waals surface area contributed by atoms with Gasteiger partial charge in [0.05, 0.1) is 17.7 Å². The van der Waals surface area contributed by atoms with Crippen LogP contribution >= 0.6 is 11.3 Å². The van der Waals surface area contributed by atoms with E-state index in [0.717, 1.165) is 12.1 Å². The first kappa shape index (κ1) is 15.5. The lowest BCUT2D eigenvalue weighted by atomic mass is 9.78. The van der Waals surface area contributed by atoms with Crippen LogP contribution in [0.1, 0.15) is 46.1 Å². The Morgan fingerprint density at radius 1 is 1.30 bits per heavy atom. The molecule has 0 bridgehead atoms. The van der Waals surface area contributed by atoms with Crippen molar-refractivity contribution in [1.29, 1.82) is 0 Å². The highest BCUT2D eigenvalue weighted by Gasteiger charge is 2.34. The van der Waals surface area contributed by atoms with E-state index in [0.29, 0.717) is 22.3 Å². The molecular weight excluding hydrogens is 316 g/mol. The molecule has 1 aliphatic carbocycles. The summed E-state index contributed by atoms with van der Waals surface area (Å²) in [5, 5.41) is 10.6. The van der Waals surface area contributed by atoms with Gasteiger partial charge in [0.15, 0.2) is 16.6 Å². The number of ketones is 1. The molecule has 0 radical (unpaired) electrons. The number of carbonyl (C=O) groups excluding carboxylic acids is 2. The summed E-state index contributed by atoms with van der Waals surface area (Å²) in [5.74, 6) is -0.00413. The zero-order valence-corrected chi connectivity index (χ0v) is 13.9. The van der Waals surface area contributed by atoms with Gasteiger partial charge in [-0.15, -0.1) is 10.2 Å². The van der Waals surface area contributed by atoms with Crippen molar-refractivity contribution in [3.05, 3.63) is 28.4 Å². The van der Waals surface area contributed by atoms with Crippen LogP contribution in [-0.4, -0.2) is 34.0 Å². The third-order valence-electron chi connectivity index (χ3n) is 3.54. The lowest BCUT2D eigenvalue weighted by Crippen LogP contribution is -2.26. The molecule has 2 aromatic heterocycles. The maximum absolute atomic E-state index is 12.2. The van der Waals surface area contributed by atoms with Gasteiger partial charge in [-0.05, 0) is 17.9 Å². The topological polar surface area (TPSA) is 94.1 Å². The van der Waals surface area contributed by atoms with Crippen molar-refractivity contribution in [3.63, 3.8) is 0 Å². The number of hydrogen-bond donors (Lipinski definition) is 1. The molecule has 1 N–H and O–H groups in total. The van der Waals surface area contributed by atoms with Crippen LogP contribution in [0.2, 0.25) is 0 Å². The Labute approximate surface area is 137 Å². The Morgan fingerprint density at radius 2 is 2.09 bits per heavy atom. The Kier molecular flexibility index (Phi) is 3.85. The molecule has 3 rings (SSSR count). The lowest BCUT2D eigenvalue weighted by molar-refractivity contribution is 0.0915. The summed E-state index contributed by atoms with van der Waals surface area (Å²) >= 11 is 1.21. The van der Waals surface area contributed by atoms with Crippen LogP contribution in [0.5, 0.6) is 5.88 Å². The number of thiazole rings is 1. The second kappa shape index (κ2) is 5.69. The summed E-state index contributed by atoms with van der Waals surface area (Å²) in [6.07, 6.45) is 1.22. The van der Waals surface area contributed by atoms with E-state index in [-0.39, 0.29) is 16.9 Å². The second-order valence-electron chi connectivity index (χ2n) is 6.15. The van der Waals surface area contributed by atoms with Gasteiger partial charge in [-0.3, -0.25) is 14.9 Å². The molecule has 0 spiro atoms. The summed E-state index contributed by atoms with van der Waals surface area (Å²) in [6, 6.07) is 3.07. The predicted octanol–water partition coefficient (Wildman–Crippen LogP) is 2.35. The fourth-order valence-corrected chi connectivity index (χ4v) is 3.40.